The van der Waals surface area contributed by atoms with Crippen LogP contribution in [0.3, 0.4) is 0 Å². The molecule has 0 aliphatic rings. The van der Waals surface area contributed by atoms with Gasteiger partial charge in [-0.3, -0.25) is 4.98 Å². The summed E-state index contributed by atoms with van der Waals surface area (Å²) in [4.78, 5) is 4.02. The Balaban J connectivity index is 1.97. The van der Waals surface area contributed by atoms with E-state index in [1.54, 1.807) is 18.7 Å². The standard InChI is InChI=1S/C14H12N4/c1-18-10-16-17-14(18)13-4-2-11(3-5-13)12-6-8-15-9-7-12/h2-10H,1H3. The van der Waals surface area contributed by atoms with Gasteiger partial charge in [0.2, 0.25) is 0 Å². The van der Waals surface area contributed by atoms with E-state index in [-0.39, 0.29) is 0 Å². The second-order valence-electron chi connectivity index (χ2n) is 4.08. The molecule has 3 aromatic rings. The van der Waals surface area contributed by atoms with Crippen molar-refractivity contribution in [3.8, 4) is 22.5 Å². The van der Waals surface area contributed by atoms with Gasteiger partial charge in [-0.25, -0.2) is 0 Å². The van der Waals surface area contributed by atoms with E-state index in [0.717, 1.165) is 17.0 Å². The van der Waals surface area contributed by atoms with Crippen molar-refractivity contribution in [2.24, 2.45) is 7.05 Å². The summed E-state index contributed by atoms with van der Waals surface area (Å²) in [6.07, 6.45) is 5.30. The highest BCUT2D eigenvalue weighted by Crippen LogP contribution is 2.22. The zero-order valence-electron chi connectivity index (χ0n) is 9.99. The first kappa shape index (κ1) is 10.7. The minimum absolute atomic E-state index is 0.872. The van der Waals surface area contributed by atoms with Crippen LogP contribution in [0.4, 0.5) is 0 Å². The van der Waals surface area contributed by atoms with Crippen molar-refractivity contribution >= 4 is 0 Å². The van der Waals surface area contributed by atoms with E-state index >= 15 is 0 Å². The van der Waals surface area contributed by atoms with Crippen molar-refractivity contribution in [2.75, 3.05) is 0 Å². The molecule has 0 radical (unpaired) electrons. The quantitative estimate of drug-likeness (QED) is 0.686. The maximum Gasteiger partial charge on any atom is 0.163 e. The summed E-state index contributed by atoms with van der Waals surface area (Å²) < 4.78 is 1.90. The molecule has 0 N–H and O–H groups in total. The first-order valence-electron chi connectivity index (χ1n) is 5.69. The number of hydrogen-bond donors (Lipinski definition) is 0. The third-order valence-electron chi connectivity index (χ3n) is 2.87. The highest BCUT2D eigenvalue weighted by molar-refractivity contribution is 5.67. The van der Waals surface area contributed by atoms with Crippen LogP contribution in [0.1, 0.15) is 0 Å². The van der Waals surface area contributed by atoms with Gasteiger partial charge in [-0.15, -0.1) is 10.2 Å². The number of aryl methyl sites for hydroxylation is 1. The molecule has 0 amide bonds. The molecule has 3 rings (SSSR count). The average Bonchev–Trinajstić information content (AvgIpc) is 2.86. The Morgan fingerprint density at radius 1 is 0.833 bits per heavy atom. The van der Waals surface area contributed by atoms with E-state index in [4.69, 9.17) is 0 Å². The van der Waals surface area contributed by atoms with Crippen molar-refractivity contribution in [3.05, 3.63) is 55.1 Å². The molecule has 2 heterocycles. The molecule has 0 spiro atoms. The van der Waals surface area contributed by atoms with Crippen LogP contribution in [-0.4, -0.2) is 19.7 Å². The molecule has 4 nitrogen and oxygen atoms in total. The van der Waals surface area contributed by atoms with Gasteiger partial charge in [0.15, 0.2) is 5.82 Å². The molecule has 0 atom stereocenters. The van der Waals surface area contributed by atoms with Gasteiger partial charge in [0.1, 0.15) is 6.33 Å². The van der Waals surface area contributed by atoms with Crippen molar-refractivity contribution in [2.45, 2.75) is 0 Å². The predicted octanol–water partition coefficient (Wildman–Crippen LogP) is 2.54. The molecular weight excluding hydrogens is 224 g/mol. The van der Waals surface area contributed by atoms with Crippen LogP contribution in [0.25, 0.3) is 22.5 Å². The Kier molecular flexibility index (Phi) is 2.61. The fourth-order valence-corrected chi connectivity index (χ4v) is 1.90. The Hall–Kier alpha value is -2.49. The van der Waals surface area contributed by atoms with Gasteiger partial charge < -0.3 is 4.57 Å². The SMILES string of the molecule is Cn1cnnc1-c1ccc(-c2ccncc2)cc1. The van der Waals surface area contributed by atoms with E-state index in [0.29, 0.717) is 0 Å². The van der Waals surface area contributed by atoms with E-state index in [9.17, 15) is 0 Å². The molecule has 88 valence electrons. The Bertz CT molecular complexity index is 641. The van der Waals surface area contributed by atoms with Crippen molar-refractivity contribution in [1.82, 2.24) is 19.7 Å². The molecule has 0 aliphatic carbocycles. The van der Waals surface area contributed by atoms with Crippen LogP contribution in [0.5, 0.6) is 0 Å². The van der Waals surface area contributed by atoms with Crippen molar-refractivity contribution < 1.29 is 0 Å². The number of benzene rings is 1. The molecule has 18 heavy (non-hydrogen) atoms. The average molecular weight is 236 g/mol. The minimum atomic E-state index is 0.872. The topological polar surface area (TPSA) is 43.6 Å². The van der Waals surface area contributed by atoms with Crippen LogP contribution in [0.2, 0.25) is 0 Å². The Morgan fingerprint density at radius 2 is 1.44 bits per heavy atom. The third kappa shape index (κ3) is 1.88. The molecule has 0 aliphatic heterocycles. The van der Waals surface area contributed by atoms with Crippen LogP contribution < -0.4 is 0 Å². The lowest BCUT2D eigenvalue weighted by Gasteiger charge is -2.03. The third-order valence-corrected chi connectivity index (χ3v) is 2.87. The summed E-state index contributed by atoms with van der Waals surface area (Å²) in [6.45, 7) is 0. The van der Waals surface area contributed by atoms with Crippen LogP contribution >= 0.6 is 0 Å². The molecule has 0 bridgehead atoms. The highest BCUT2D eigenvalue weighted by atomic mass is 15.2. The fourth-order valence-electron chi connectivity index (χ4n) is 1.90. The summed E-state index contributed by atoms with van der Waals surface area (Å²) >= 11 is 0. The summed E-state index contributed by atoms with van der Waals surface area (Å²) in [6, 6.07) is 12.3. The molecule has 0 saturated heterocycles. The second-order valence-corrected chi connectivity index (χ2v) is 4.08. The normalized spacial score (nSPS) is 10.5. The number of rotatable bonds is 2. The van der Waals surface area contributed by atoms with Crippen molar-refractivity contribution in [3.63, 3.8) is 0 Å². The van der Waals surface area contributed by atoms with Gasteiger partial charge in [0.05, 0.1) is 0 Å². The molecule has 2 aromatic heterocycles. The largest absolute Gasteiger partial charge is 0.317 e. The smallest absolute Gasteiger partial charge is 0.163 e. The monoisotopic (exact) mass is 236 g/mol. The Morgan fingerprint density at radius 3 is 2.06 bits per heavy atom. The molecule has 0 saturated carbocycles. The van der Waals surface area contributed by atoms with Gasteiger partial charge in [-0.2, -0.15) is 0 Å². The van der Waals surface area contributed by atoms with Crippen LogP contribution in [0, 0.1) is 0 Å². The van der Waals surface area contributed by atoms with Gasteiger partial charge >= 0.3 is 0 Å². The first-order chi connectivity index (χ1) is 8.84. The van der Waals surface area contributed by atoms with E-state index < -0.39 is 0 Å². The summed E-state index contributed by atoms with van der Waals surface area (Å²) in [5.41, 5.74) is 3.39. The summed E-state index contributed by atoms with van der Waals surface area (Å²) in [5.74, 6) is 0.872. The van der Waals surface area contributed by atoms with E-state index in [2.05, 4.69) is 39.4 Å². The van der Waals surface area contributed by atoms with Gasteiger partial charge in [-0.1, -0.05) is 24.3 Å². The number of nitrogens with zero attached hydrogens (tertiary/aromatic N) is 4. The molecule has 0 fully saturated rings. The van der Waals surface area contributed by atoms with Crippen LogP contribution in [-0.2, 0) is 7.05 Å². The maximum atomic E-state index is 4.09. The summed E-state index contributed by atoms with van der Waals surface area (Å²) in [5, 5.41) is 7.97. The van der Waals surface area contributed by atoms with Gasteiger partial charge in [0, 0.05) is 25.0 Å². The zero-order chi connectivity index (χ0) is 12.4. The number of hydrogen-bond acceptors (Lipinski definition) is 3. The fraction of sp³-hybridized carbons (Fsp3) is 0.0714. The number of aromatic nitrogens is 4. The van der Waals surface area contributed by atoms with Crippen LogP contribution in [0.15, 0.2) is 55.1 Å². The van der Waals surface area contributed by atoms with E-state index in [1.807, 2.05) is 23.7 Å². The summed E-state index contributed by atoms with van der Waals surface area (Å²) in [7, 11) is 1.94. The molecule has 4 heteroatoms. The lowest BCUT2D eigenvalue weighted by molar-refractivity contribution is 0.920. The first-order valence-corrected chi connectivity index (χ1v) is 5.69. The number of pyridine rings is 1. The van der Waals surface area contributed by atoms with Gasteiger partial charge in [-0.05, 0) is 23.3 Å². The second kappa shape index (κ2) is 4.41. The van der Waals surface area contributed by atoms with E-state index in [1.165, 1.54) is 5.56 Å². The van der Waals surface area contributed by atoms with Gasteiger partial charge in [0.25, 0.3) is 0 Å². The maximum absolute atomic E-state index is 4.09. The minimum Gasteiger partial charge on any atom is -0.317 e. The molecule has 0 unspecified atom stereocenters. The highest BCUT2D eigenvalue weighted by Gasteiger charge is 2.04. The predicted molar refractivity (Wildman–Crippen MR) is 69.7 cm³/mol. The van der Waals surface area contributed by atoms with Crippen molar-refractivity contribution in [1.29, 1.82) is 0 Å². The lowest BCUT2D eigenvalue weighted by Crippen LogP contribution is -1.90. The molecular formula is C14H12N4. The lowest BCUT2D eigenvalue weighted by atomic mass is 10.1. The molecule has 1 aromatic carbocycles. The Labute approximate surface area is 105 Å². The zero-order valence-corrected chi connectivity index (χ0v) is 9.99.